The van der Waals surface area contributed by atoms with Gasteiger partial charge in [-0.05, 0) is 117 Å². The Morgan fingerprint density at radius 2 is 0.833 bits per heavy atom. The molecule has 10 aromatic carbocycles. The van der Waals surface area contributed by atoms with Crippen LogP contribution in [0.5, 0.6) is 0 Å². The molecular formula is C66H44N4O2. The van der Waals surface area contributed by atoms with Gasteiger partial charge in [-0.1, -0.05) is 155 Å². The highest BCUT2D eigenvalue weighted by Crippen LogP contribution is 2.62. The van der Waals surface area contributed by atoms with Crippen molar-refractivity contribution in [3.05, 3.63) is 239 Å². The molecule has 0 saturated carbocycles. The van der Waals surface area contributed by atoms with Crippen molar-refractivity contribution >= 4 is 100 Å². The first-order valence-corrected chi connectivity index (χ1v) is 24.4. The number of hydrogen-bond acceptors (Lipinski definition) is 4. The number of furan rings is 2. The van der Waals surface area contributed by atoms with Gasteiger partial charge in [0.25, 0.3) is 0 Å². The summed E-state index contributed by atoms with van der Waals surface area (Å²) in [5, 5.41) is 6.57. The van der Waals surface area contributed by atoms with Gasteiger partial charge in [0.2, 0.25) is 0 Å². The second-order valence-corrected chi connectivity index (χ2v) is 20.2. The van der Waals surface area contributed by atoms with Crippen molar-refractivity contribution in [3.8, 4) is 22.3 Å². The van der Waals surface area contributed by atoms with Crippen LogP contribution >= 0.6 is 0 Å². The predicted octanol–water partition coefficient (Wildman–Crippen LogP) is 19.3. The van der Waals surface area contributed by atoms with Gasteiger partial charge in [-0.3, -0.25) is 0 Å². The summed E-state index contributed by atoms with van der Waals surface area (Å²) in [6.07, 6.45) is 0. The van der Waals surface area contributed by atoms with Gasteiger partial charge in [0, 0.05) is 54.8 Å². The summed E-state index contributed by atoms with van der Waals surface area (Å²) in [6.45, 7) is 25.1. The highest BCUT2D eigenvalue weighted by atomic mass is 16.3. The predicted molar refractivity (Wildman–Crippen MR) is 296 cm³/mol. The van der Waals surface area contributed by atoms with E-state index < -0.39 is 5.41 Å². The van der Waals surface area contributed by atoms with Crippen LogP contribution in [0, 0.1) is 13.1 Å². The summed E-state index contributed by atoms with van der Waals surface area (Å²) in [4.78, 5) is 12.1. The molecule has 72 heavy (non-hydrogen) atoms. The maximum absolute atomic E-state index is 7.78. The number of hydrogen-bond donors (Lipinski definition) is 0. The zero-order chi connectivity index (χ0) is 48.6. The second-order valence-electron chi connectivity index (χ2n) is 20.2. The number of para-hydroxylation sites is 4. The molecule has 2 aliphatic rings. The van der Waals surface area contributed by atoms with Crippen LogP contribution in [0.25, 0.3) is 86.6 Å². The number of fused-ring (bicyclic) bond motifs is 15. The van der Waals surface area contributed by atoms with E-state index in [1.54, 1.807) is 0 Å². The molecule has 0 spiro atoms. The fourth-order valence-electron chi connectivity index (χ4n) is 12.4. The largest absolute Gasteiger partial charge is 0.454 e. The molecule has 0 saturated heterocycles. The summed E-state index contributed by atoms with van der Waals surface area (Å²) < 4.78 is 13.4. The van der Waals surface area contributed by atoms with Gasteiger partial charge in [-0.2, -0.15) is 0 Å². The molecule has 0 bridgehead atoms. The molecule has 0 N–H and O–H groups in total. The fourth-order valence-corrected chi connectivity index (χ4v) is 12.4. The van der Waals surface area contributed by atoms with Crippen LogP contribution < -0.4 is 9.80 Å². The molecule has 0 unspecified atom stereocenters. The van der Waals surface area contributed by atoms with Gasteiger partial charge in [-0.15, -0.1) is 0 Å². The lowest BCUT2D eigenvalue weighted by Gasteiger charge is -2.32. The lowest BCUT2D eigenvalue weighted by Crippen LogP contribution is -2.24. The number of rotatable bonds is 6. The Morgan fingerprint density at radius 1 is 0.375 bits per heavy atom. The first-order chi connectivity index (χ1) is 35.1. The lowest BCUT2D eigenvalue weighted by molar-refractivity contribution is 0.601. The minimum atomic E-state index is -0.407. The molecule has 12 aromatic rings. The van der Waals surface area contributed by atoms with Crippen molar-refractivity contribution < 1.29 is 8.83 Å². The van der Waals surface area contributed by atoms with E-state index in [4.69, 9.17) is 22.0 Å². The number of benzene rings is 10. The molecule has 0 amide bonds. The van der Waals surface area contributed by atoms with E-state index in [0.717, 1.165) is 83.4 Å². The molecule has 0 fully saturated rings. The summed E-state index contributed by atoms with van der Waals surface area (Å²) in [5.74, 6) is 0. The van der Waals surface area contributed by atoms with Crippen molar-refractivity contribution in [2.24, 2.45) is 0 Å². The Morgan fingerprint density at radius 3 is 1.43 bits per heavy atom. The zero-order valence-electron chi connectivity index (χ0n) is 40.1. The van der Waals surface area contributed by atoms with Crippen LogP contribution in [0.1, 0.15) is 49.9 Å². The van der Waals surface area contributed by atoms with Crippen molar-refractivity contribution in [1.29, 1.82) is 0 Å². The monoisotopic (exact) mass is 924 g/mol. The SMILES string of the molecule is [C-]#[N+]c1ccc(N(c2ccc3c(c2)C(C)(C)c2c-3ccc3c2C(C)(C)c2cc(N(c4ccc([N+]#[C-])cc4)c4cccc5c4oc4ccccc45)c4ccccc4c2-3)c2cccc3c2oc2ccccc23)cc1. The summed E-state index contributed by atoms with van der Waals surface area (Å²) in [7, 11) is 0. The average Bonchev–Trinajstić information content (AvgIpc) is 4.13. The van der Waals surface area contributed by atoms with Gasteiger partial charge in [0.05, 0.1) is 30.2 Å². The standard InChI is InChI=1S/C66H44N4O2/c1-65(2)53-37-43(69(41-29-25-39(67-5)26-30-41)55-21-13-19-50-46-16-9-11-23-58(46)71-63(50)55)33-34-44(53)49-35-36-52-60-48-18-8-7-15-45(48)57(38-54(60)66(3,4)62(52)61(49)65)70(42-31-27-40(68-6)28-32-42)56-22-14-20-51-47-17-10-12-24-59(47)72-64(51)56/h7-38H,1-4H3. The highest BCUT2D eigenvalue weighted by molar-refractivity contribution is 6.15. The molecule has 340 valence electrons. The van der Waals surface area contributed by atoms with Gasteiger partial charge in [0.15, 0.2) is 22.5 Å². The molecule has 0 radical (unpaired) electrons. The van der Waals surface area contributed by atoms with Crippen molar-refractivity contribution in [2.75, 3.05) is 9.80 Å². The Labute approximate surface area is 416 Å². The maximum Gasteiger partial charge on any atom is 0.187 e. The maximum atomic E-state index is 7.78. The van der Waals surface area contributed by atoms with Crippen LogP contribution in [0.3, 0.4) is 0 Å². The topological polar surface area (TPSA) is 41.5 Å². The van der Waals surface area contributed by atoms with E-state index in [0.29, 0.717) is 11.4 Å². The van der Waals surface area contributed by atoms with Crippen LogP contribution in [0.15, 0.2) is 203 Å². The quantitative estimate of drug-likeness (QED) is 0.156. The second kappa shape index (κ2) is 15.1. The first kappa shape index (κ1) is 41.6. The zero-order valence-corrected chi connectivity index (χ0v) is 40.1. The number of anilines is 6. The number of nitrogens with zero attached hydrogens (tertiary/aromatic N) is 4. The smallest absolute Gasteiger partial charge is 0.187 e. The average molecular weight is 925 g/mol. The Bertz CT molecular complexity index is 4370. The van der Waals surface area contributed by atoms with E-state index in [1.165, 1.54) is 49.9 Å². The third-order valence-electron chi connectivity index (χ3n) is 15.6. The van der Waals surface area contributed by atoms with Gasteiger partial charge in [-0.25, -0.2) is 9.69 Å². The van der Waals surface area contributed by atoms with E-state index >= 15 is 0 Å². The van der Waals surface area contributed by atoms with Crippen molar-refractivity contribution in [3.63, 3.8) is 0 Å². The van der Waals surface area contributed by atoms with E-state index in [1.807, 2.05) is 60.7 Å². The van der Waals surface area contributed by atoms with E-state index in [-0.39, 0.29) is 5.41 Å². The highest BCUT2D eigenvalue weighted by Gasteiger charge is 2.47. The van der Waals surface area contributed by atoms with Gasteiger partial charge >= 0.3 is 0 Å². The van der Waals surface area contributed by atoms with Crippen molar-refractivity contribution in [1.82, 2.24) is 0 Å². The lowest BCUT2D eigenvalue weighted by atomic mass is 9.72. The molecule has 2 heterocycles. The fraction of sp³-hybridized carbons (Fsp3) is 0.0909. The van der Waals surface area contributed by atoms with Gasteiger partial charge < -0.3 is 18.6 Å². The molecule has 6 heteroatoms. The molecule has 0 aliphatic heterocycles. The molecule has 0 atom stereocenters. The minimum Gasteiger partial charge on any atom is -0.454 e. The van der Waals surface area contributed by atoms with E-state index in [9.17, 15) is 0 Å². The third kappa shape index (κ3) is 5.75. The van der Waals surface area contributed by atoms with Crippen molar-refractivity contribution in [2.45, 2.75) is 38.5 Å². The van der Waals surface area contributed by atoms with Gasteiger partial charge in [0.1, 0.15) is 11.2 Å². The molecule has 6 nitrogen and oxygen atoms in total. The Balaban J connectivity index is 0.951. The Kier molecular flexibility index (Phi) is 8.71. The van der Waals surface area contributed by atoms with Crippen LogP contribution in [-0.4, -0.2) is 0 Å². The first-order valence-electron chi connectivity index (χ1n) is 24.4. The normalized spacial score (nSPS) is 13.8. The molecule has 14 rings (SSSR count). The Hall–Kier alpha value is -9.36. The summed E-state index contributed by atoms with van der Waals surface area (Å²) >= 11 is 0. The molecular weight excluding hydrogens is 881 g/mol. The van der Waals surface area contributed by atoms with Crippen LogP contribution in [0.4, 0.5) is 45.5 Å². The summed E-state index contributed by atoms with van der Waals surface area (Å²) in [6, 6.07) is 67.9. The minimum absolute atomic E-state index is 0.386. The summed E-state index contributed by atoms with van der Waals surface area (Å²) in [5.41, 5.74) is 19.7. The van der Waals surface area contributed by atoms with Crippen LogP contribution in [0.2, 0.25) is 0 Å². The van der Waals surface area contributed by atoms with Crippen LogP contribution in [-0.2, 0) is 10.8 Å². The van der Waals surface area contributed by atoms with E-state index in [2.05, 4.69) is 181 Å². The third-order valence-corrected chi connectivity index (χ3v) is 15.6. The molecule has 2 aliphatic carbocycles. The molecule has 2 aromatic heterocycles.